The summed E-state index contributed by atoms with van der Waals surface area (Å²) in [5, 5.41) is 3.06. The Morgan fingerprint density at radius 2 is 1.91 bits per heavy atom. The van der Waals surface area contributed by atoms with Crippen molar-refractivity contribution >= 4 is 17.6 Å². The Bertz CT molecular complexity index is 1240. The Labute approximate surface area is 197 Å². The first-order chi connectivity index (χ1) is 16.3. The van der Waals surface area contributed by atoms with Crippen LogP contribution in [0.25, 0.3) is 17.2 Å². The fourth-order valence-electron chi connectivity index (χ4n) is 3.80. The van der Waals surface area contributed by atoms with Gasteiger partial charge in [-0.1, -0.05) is 13.8 Å². The lowest BCUT2D eigenvalue weighted by Gasteiger charge is -2.37. The number of methoxy groups -OCH3 is 1. The number of nitrogens with zero attached hydrogens (tertiary/aromatic N) is 6. The summed E-state index contributed by atoms with van der Waals surface area (Å²) in [6.07, 6.45) is 2.62. The molecule has 3 aromatic heterocycles. The second-order valence-corrected chi connectivity index (χ2v) is 8.82. The molecule has 11 nitrogen and oxygen atoms in total. The number of ether oxygens (including phenoxy) is 2. The van der Waals surface area contributed by atoms with Crippen molar-refractivity contribution in [3.05, 3.63) is 34.4 Å². The molecule has 0 radical (unpaired) electrons. The van der Waals surface area contributed by atoms with Crippen LogP contribution in [0, 0.1) is 0 Å². The van der Waals surface area contributed by atoms with Crippen LogP contribution in [0.3, 0.4) is 0 Å². The minimum atomic E-state index is -0.505. The predicted octanol–water partition coefficient (Wildman–Crippen LogP) is 2.50. The molecule has 1 saturated heterocycles. The van der Waals surface area contributed by atoms with Crippen LogP contribution in [0.1, 0.15) is 39.8 Å². The van der Waals surface area contributed by atoms with Gasteiger partial charge in [0.15, 0.2) is 5.82 Å². The zero-order chi connectivity index (χ0) is 24.5. The van der Waals surface area contributed by atoms with E-state index in [2.05, 4.69) is 20.1 Å². The SMILES string of the molecule is CCc1nc2nc(-c3ccnc(OC)c3)[nH]n2c(=O)c1N1CCN(C(=O)OC(C)(C)CC)CC1. The molecule has 0 aromatic carbocycles. The van der Waals surface area contributed by atoms with E-state index < -0.39 is 5.60 Å². The smallest absolute Gasteiger partial charge is 0.410 e. The zero-order valence-electron chi connectivity index (χ0n) is 20.3. The third-order valence-electron chi connectivity index (χ3n) is 6.16. The number of carbonyl (C=O) groups excluding carboxylic acids is 1. The Morgan fingerprint density at radius 1 is 1.18 bits per heavy atom. The van der Waals surface area contributed by atoms with E-state index in [4.69, 9.17) is 9.47 Å². The van der Waals surface area contributed by atoms with E-state index in [1.807, 2.05) is 32.6 Å². The number of H-pyrrole nitrogens is 1. The number of aryl methyl sites for hydroxylation is 1. The average Bonchev–Trinajstić information content (AvgIpc) is 3.28. The summed E-state index contributed by atoms with van der Waals surface area (Å²) >= 11 is 0. The van der Waals surface area contributed by atoms with Crippen LogP contribution < -0.4 is 15.2 Å². The molecule has 1 amide bonds. The van der Waals surface area contributed by atoms with Crippen LogP contribution >= 0.6 is 0 Å². The third kappa shape index (κ3) is 4.55. The lowest BCUT2D eigenvalue weighted by Crippen LogP contribution is -2.51. The van der Waals surface area contributed by atoms with Crippen molar-refractivity contribution in [3.63, 3.8) is 0 Å². The van der Waals surface area contributed by atoms with Gasteiger partial charge in [0.2, 0.25) is 5.88 Å². The predicted molar refractivity (Wildman–Crippen MR) is 127 cm³/mol. The molecule has 0 aliphatic carbocycles. The molecule has 0 saturated carbocycles. The van der Waals surface area contributed by atoms with Crippen molar-refractivity contribution in [2.24, 2.45) is 0 Å². The second kappa shape index (κ2) is 9.32. The van der Waals surface area contributed by atoms with Gasteiger partial charge in [0.1, 0.15) is 11.3 Å². The summed E-state index contributed by atoms with van der Waals surface area (Å²) < 4.78 is 12.2. The van der Waals surface area contributed by atoms with Crippen molar-refractivity contribution in [1.29, 1.82) is 0 Å². The maximum Gasteiger partial charge on any atom is 0.410 e. The van der Waals surface area contributed by atoms with Crippen LogP contribution in [0.2, 0.25) is 0 Å². The summed E-state index contributed by atoms with van der Waals surface area (Å²) in [4.78, 5) is 43.0. The lowest BCUT2D eigenvalue weighted by atomic mass is 10.1. The molecule has 1 aliphatic heterocycles. The van der Waals surface area contributed by atoms with Gasteiger partial charge in [0.25, 0.3) is 11.3 Å². The highest BCUT2D eigenvalue weighted by Gasteiger charge is 2.29. The van der Waals surface area contributed by atoms with Crippen LogP contribution in [-0.2, 0) is 11.2 Å². The fraction of sp³-hybridized carbons (Fsp3) is 0.522. The molecule has 1 aliphatic rings. The normalized spacial score (nSPS) is 14.5. The standard InChI is InChI=1S/C23H31N7O4/c1-6-16-18(28-10-12-29(13-11-28)22(32)34-23(3,4)7-2)20(31)30-21(25-16)26-19(27-30)15-8-9-24-17(14-15)33-5/h8-9,14H,6-7,10-13H2,1-5H3,(H,25,26,27). The van der Waals surface area contributed by atoms with Crippen molar-refractivity contribution in [2.45, 2.75) is 46.1 Å². The van der Waals surface area contributed by atoms with Gasteiger partial charge in [-0.2, -0.15) is 9.50 Å². The number of carbonyl (C=O) groups is 1. The molecular formula is C23H31N7O4. The number of anilines is 1. The van der Waals surface area contributed by atoms with Gasteiger partial charge in [-0.25, -0.2) is 14.8 Å². The first-order valence-electron chi connectivity index (χ1n) is 11.5. The van der Waals surface area contributed by atoms with Crippen molar-refractivity contribution in [1.82, 2.24) is 29.5 Å². The molecule has 0 atom stereocenters. The molecule has 4 rings (SSSR count). The van der Waals surface area contributed by atoms with Crippen molar-refractivity contribution < 1.29 is 14.3 Å². The number of hydrogen-bond acceptors (Lipinski definition) is 8. The Morgan fingerprint density at radius 3 is 2.56 bits per heavy atom. The zero-order valence-corrected chi connectivity index (χ0v) is 20.3. The highest BCUT2D eigenvalue weighted by Crippen LogP contribution is 2.22. The lowest BCUT2D eigenvalue weighted by molar-refractivity contribution is 0.0106. The maximum atomic E-state index is 13.5. The molecule has 3 aromatic rings. The summed E-state index contributed by atoms with van der Waals surface area (Å²) in [5.74, 6) is 1.25. The number of amides is 1. The number of nitrogens with one attached hydrogen (secondary N) is 1. The first kappa shape index (κ1) is 23.5. The minimum Gasteiger partial charge on any atom is -0.481 e. The third-order valence-corrected chi connectivity index (χ3v) is 6.16. The topological polar surface area (TPSA) is 118 Å². The van der Waals surface area contributed by atoms with Crippen molar-refractivity contribution in [3.8, 4) is 17.3 Å². The molecule has 1 N–H and O–H groups in total. The molecule has 11 heteroatoms. The molecule has 0 unspecified atom stereocenters. The Balaban J connectivity index is 1.60. The van der Waals surface area contributed by atoms with Gasteiger partial charge < -0.3 is 19.3 Å². The highest BCUT2D eigenvalue weighted by molar-refractivity contribution is 5.69. The van der Waals surface area contributed by atoms with Crippen LogP contribution in [0.5, 0.6) is 5.88 Å². The van der Waals surface area contributed by atoms with Gasteiger partial charge in [0, 0.05) is 44.0 Å². The van der Waals surface area contributed by atoms with E-state index in [0.29, 0.717) is 61.5 Å². The minimum absolute atomic E-state index is 0.218. The summed E-state index contributed by atoms with van der Waals surface area (Å²) in [6, 6.07) is 3.52. The number of aromatic amines is 1. The molecule has 0 spiro atoms. The van der Waals surface area contributed by atoms with E-state index in [1.54, 1.807) is 30.3 Å². The number of rotatable bonds is 6. The van der Waals surface area contributed by atoms with E-state index in [0.717, 1.165) is 12.0 Å². The largest absolute Gasteiger partial charge is 0.481 e. The van der Waals surface area contributed by atoms with E-state index in [1.165, 1.54) is 4.52 Å². The van der Waals surface area contributed by atoms with E-state index in [-0.39, 0.29) is 11.7 Å². The van der Waals surface area contributed by atoms with Crippen LogP contribution in [0.4, 0.5) is 10.5 Å². The summed E-state index contributed by atoms with van der Waals surface area (Å²) in [6.45, 7) is 9.71. The molecule has 182 valence electrons. The Kier molecular flexibility index (Phi) is 6.45. The number of pyridine rings is 1. The van der Waals surface area contributed by atoms with Gasteiger partial charge >= 0.3 is 6.09 Å². The Hall–Kier alpha value is -3.63. The van der Waals surface area contributed by atoms with Gasteiger partial charge in [0.05, 0.1) is 12.8 Å². The van der Waals surface area contributed by atoms with Crippen molar-refractivity contribution in [2.75, 3.05) is 38.2 Å². The number of fused-ring (bicyclic) bond motifs is 1. The number of piperazine rings is 1. The molecule has 1 fully saturated rings. The number of hydrogen-bond donors (Lipinski definition) is 1. The highest BCUT2D eigenvalue weighted by atomic mass is 16.6. The molecular weight excluding hydrogens is 438 g/mol. The molecule has 4 heterocycles. The van der Waals surface area contributed by atoms with Gasteiger partial charge in [-0.15, -0.1) is 0 Å². The summed E-state index contributed by atoms with van der Waals surface area (Å²) in [5.41, 5.74) is 1.22. The average molecular weight is 470 g/mol. The maximum absolute atomic E-state index is 13.5. The molecule has 0 bridgehead atoms. The quantitative estimate of drug-likeness (QED) is 0.585. The summed E-state index contributed by atoms with van der Waals surface area (Å²) in [7, 11) is 1.54. The first-order valence-corrected chi connectivity index (χ1v) is 11.5. The van der Waals surface area contributed by atoms with E-state index in [9.17, 15) is 9.59 Å². The van der Waals surface area contributed by atoms with Crippen LogP contribution in [0.15, 0.2) is 23.1 Å². The van der Waals surface area contributed by atoms with Gasteiger partial charge in [-0.05, 0) is 32.8 Å². The number of aromatic nitrogens is 5. The second-order valence-electron chi connectivity index (χ2n) is 8.82. The van der Waals surface area contributed by atoms with Crippen LogP contribution in [-0.4, -0.2) is 74.4 Å². The fourth-order valence-corrected chi connectivity index (χ4v) is 3.80. The van der Waals surface area contributed by atoms with E-state index >= 15 is 0 Å². The monoisotopic (exact) mass is 469 g/mol. The van der Waals surface area contributed by atoms with Gasteiger partial charge in [-0.3, -0.25) is 9.89 Å². The molecule has 34 heavy (non-hydrogen) atoms.